The molecule has 0 atom stereocenters. The standard InChI is InChI=1S/C58H81FO10/c1-46(2)55(60)66-43-29-25-21-17-13-9-5-7-11-15-19-23-27-41-64-50-35-31-48(32-36-50)57(62)68-52-39-40-54(53(59)45-52)69-58(63)49-33-37-51(38-34-49)65-42-28-24-20-16-12-8-6-10-14-18-22-26-30-44-67-56(61)47(3)4/h31-40,45H,1,3,5-30,41-44H2,2,4H3. The van der Waals surface area contributed by atoms with Crippen molar-refractivity contribution in [2.24, 2.45) is 0 Å². The Balaban J connectivity index is 1.17. The van der Waals surface area contributed by atoms with E-state index in [0.29, 0.717) is 54.6 Å². The van der Waals surface area contributed by atoms with Crippen molar-refractivity contribution in [1.82, 2.24) is 0 Å². The van der Waals surface area contributed by atoms with Gasteiger partial charge in [-0.15, -0.1) is 0 Å². The van der Waals surface area contributed by atoms with E-state index < -0.39 is 17.8 Å². The van der Waals surface area contributed by atoms with E-state index in [1.165, 1.54) is 128 Å². The van der Waals surface area contributed by atoms with Crippen molar-refractivity contribution >= 4 is 23.9 Å². The Morgan fingerprint density at radius 3 is 1.00 bits per heavy atom. The van der Waals surface area contributed by atoms with Crippen molar-refractivity contribution in [2.75, 3.05) is 26.4 Å². The van der Waals surface area contributed by atoms with E-state index in [0.717, 1.165) is 57.4 Å². The third kappa shape index (κ3) is 27.4. The topological polar surface area (TPSA) is 124 Å². The largest absolute Gasteiger partial charge is 0.494 e. The maximum atomic E-state index is 15.0. The summed E-state index contributed by atoms with van der Waals surface area (Å²) in [6, 6.07) is 16.9. The molecule has 0 radical (unpaired) electrons. The maximum absolute atomic E-state index is 15.0. The van der Waals surface area contributed by atoms with Crippen LogP contribution in [0.15, 0.2) is 91.0 Å². The SMILES string of the molecule is C=C(C)C(=O)OCCCCCCCCCCCCCCCOc1ccc(C(=O)Oc2ccc(OC(=O)c3ccc(OCCCCCCCCCCCCCCCOC(=O)C(=C)C)cc3)c(F)c2)cc1. The molecule has 0 unspecified atom stereocenters. The highest BCUT2D eigenvalue weighted by atomic mass is 19.1. The molecule has 0 aliphatic heterocycles. The summed E-state index contributed by atoms with van der Waals surface area (Å²) < 4.78 is 47.6. The zero-order valence-corrected chi connectivity index (χ0v) is 41.9. The molecule has 0 aromatic heterocycles. The smallest absolute Gasteiger partial charge is 0.343 e. The molecule has 0 saturated heterocycles. The Kier molecular flexibility index (Phi) is 30.6. The van der Waals surface area contributed by atoms with Gasteiger partial charge in [-0.25, -0.2) is 23.6 Å². The molecule has 380 valence electrons. The van der Waals surface area contributed by atoms with Crippen molar-refractivity contribution in [2.45, 2.75) is 181 Å². The first-order chi connectivity index (χ1) is 33.5. The second-order valence-electron chi connectivity index (χ2n) is 18.1. The molecule has 10 nitrogen and oxygen atoms in total. The highest BCUT2D eigenvalue weighted by molar-refractivity contribution is 5.92. The van der Waals surface area contributed by atoms with E-state index in [4.69, 9.17) is 28.4 Å². The predicted molar refractivity (Wildman–Crippen MR) is 272 cm³/mol. The molecule has 0 amide bonds. The Bertz CT molecular complexity index is 1940. The zero-order chi connectivity index (χ0) is 49.7. The number of benzene rings is 3. The molecule has 0 fully saturated rings. The maximum Gasteiger partial charge on any atom is 0.343 e. The van der Waals surface area contributed by atoms with Gasteiger partial charge in [0.25, 0.3) is 0 Å². The number of hydrogen-bond donors (Lipinski definition) is 0. The highest BCUT2D eigenvalue weighted by Gasteiger charge is 2.16. The Morgan fingerprint density at radius 2 is 0.681 bits per heavy atom. The first-order valence-corrected chi connectivity index (χ1v) is 25.9. The van der Waals surface area contributed by atoms with Crippen LogP contribution in [0.4, 0.5) is 4.39 Å². The lowest BCUT2D eigenvalue weighted by Crippen LogP contribution is -2.11. The summed E-state index contributed by atoms with van der Waals surface area (Å²) in [5.41, 5.74) is 1.44. The molecule has 0 spiro atoms. The second kappa shape index (κ2) is 36.5. The summed E-state index contributed by atoms with van der Waals surface area (Å²) in [6.45, 7) is 12.7. The molecule has 11 heteroatoms. The van der Waals surface area contributed by atoms with Crippen LogP contribution in [0.1, 0.15) is 202 Å². The molecule has 3 rings (SSSR count). The third-order valence-electron chi connectivity index (χ3n) is 11.8. The quantitative estimate of drug-likeness (QED) is 0.0235. The average Bonchev–Trinajstić information content (AvgIpc) is 3.34. The van der Waals surface area contributed by atoms with Crippen molar-refractivity contribution in [3.63, 3.8) is 0 Å². The van der Waals surface area contributed by atoms with Gasteiger partial charge in [-0.1, -0.05) is 154 Å². The third-order valence-corrected chi connectivity index (χ3v) is 11.8. The van der Waals surface area contributed by atoms with E-state index in [1.54, 1.807) is 62.4 Å². The second-order valence-corrected chi connectivity index (χ2v) is 18.1. The van der Waals surface area contributed by atoms with Crippen LogP contribution >= 0.6 is 0 Å². The molecule has 0 bridgehead atoms. The number of ether oxygens (including phenoxy) is 6. The first kappa shape index (κ1) is 57.9. The number of halogens is 1. The highest BCUT2D eigenvalue weighted by Crippen LogP contribution is 2.26. The lowest BCUT2D eigenvalue weighted by atomic mass is 10.0. The van der Waals surface area contributed by atoms with Gasteiger partial charge in [-0.05, 0) is 100 Å². The van der Waals surface area contributed by atoms with Gasteiger partial charge in [0, 0.05) is 17.2 Å². The fraction of sp³-hybridized carbons (Fsp3) is 0.552. The van der Waals surface area contributed by atoms with Crippen LogP contribution in [0.2, 0.25) is 0 Å². The monoisotopic (exact) mass is 957 g/mol. The molecular weight excluding hydrogens is 876 g/mol. The first-order valence-electron chi connectivity index (χ1n) is 25.9. The molecule has 3 aromatic carbocycles. The fourth-order valence-electron chi connectivity index (χ4n) is 7.58. The zero-order valence-electron chi connectivity index (χ0n) is 41.9. The van der Waals surface area contributed by atoms with Crippen LogP contribution in [0.5, 0.6) is 23.0 Å². The molecule has 0 aliphatic carbocycles. The summed E-state index contributed by atoms with van der Waals surface area (Å²) in [5, 5.41) is 0. The number of rotatable bonds is 40. The van der Waals surface area contributed by atoms with Crippen LogP contribution in [0.3, 0.4) is 0 Å². The van der Waals surface area contributed by atoms with Gasteiger partial charge < -0.3 is 28.4 Å². The van der Waals surface area contributed by atoms with Gasteiger partial charge in [0.05, 0.1) is 37.6 Å². The van der Waals surface area contributed by atoms with Crippen molar-refractivity contribution in [3.8, 4) is 23.0 Å². The van der Waals surface area contributed by atoms with Gasteiger partial charge in [-0.2, -0.15) is 0 Å². The van der Waals surface area contributed by atoms with Gasteiger partial charge >= 0.3 is 23.9 Å². The molecule has 0 saturated carbocycles. The van der Waals surface area contributed by atoms with Crippen molar-refractivity contribution in [1.29, 1.82) is 0 Å². The minimum absolute atomic E-state index is 0.0177. The average molecular weight is 957 g/mol. The van der Waals surface area contributed by atoms with E-state index in [9.17, 15) is 23.6 Å². The molecule has 0 aliphatic rings. The van der Waals surface area contributed by atoms with E-state index in [2.05, 4.69) is 13.2 Å². The number of hydrogen-bond acceptors (Lipinski definition) is 10. The summed E-state index contributed by atoms with van der Waals surface area (Å²) in [6.07, 6.45) is 30.5. The number of carbonyl (C=O) groups is 4. The number of unbranched alkanes of at least 4 members (excludes halogenated alkanes) is 24. The van der Waals surface area contributed by atoms with E-state index in [1.807, 2.05) is 0 Å². The van der Waals surface area contributed by atoms with Crippen molar-refractivity contribution in [3.05, 3.63) is 108 Å². The van der Waals surface area contributed by atoms with Crippen LogP contribution in [0.25, 0.3) is 0 Å². The molecule has 0 N–H and O–H groups in total. The molecule has 0 heterocycles. The van der Waals surface area contributed by atoms with Crippen LogP contribution in [0, 0.1) is 5.82 Å². The van der Waals surface area contributed by atoms with Gasteiger partial charge in [0.15, 0.2) is 11.6 Å². The Labute approximate surface area is 412 Å². The van der Waals surface area contributed by atoms with Gasteiger partial charge in [-0.3, -0.25) is 0 Å². The van der Waals surface area contributed by atoms with E-state index >= 15 is 0 Å². The lowest BCUT2D eigenvalue weighted by molar-refractivity contribution is -0.139. The Hall–Kier alpha value is -5.45. The molecule has 3 aromatic rings. The molecule has 69 heavy (non-hydrogen) atoms. The fourth-order valence-corrected chi connectivity index (χ4v) is 7.58. The summed E-state index contributed by atoms with van der Waals surface area (Å²) in [7, 11) is 0. The van der Waals surface area contributed by atoms with Crippen LogP contribution < -0.4 is 18.9 Å². The Morgan fingerprint density at radius 1 is 0.391 bits per heavy atom. The number of carbonyl (C=O) groups excluding carboxylic acids is 4. The lowest BCUT2D eigenvalue weighted by Gasteiger charge is -2.10. The van der Waals surface area contributed by atoms with Crippen molar-refractivity contribution < 1.29 is 52.0 Å². The normalized spacial score (nSPS) is 10.9. The predicted octanol–water partition coefficient (Wildman–Crippen LogP) is 15.4. The molecular formula is C58H81FO10. The summed E-state index contributed by atoms with van der Waals surface area (Å²) >= 11 is 0. The number of esters is 4. The summed E-state index contributed by atoms with van der Waals surface area (Å²) in [4.78, 5) is 48.3. The van der Waals surface area contributed by atoms with Crippen LogP contribution in [-0.4, -0.2) is 50.3 Å². The van der Waals surface area contributed by atoms with E-state index in [-0.39, 0.29) is 29.0 Å². The minimum atomic E-state index is -0.839. The van der Waals surface area contributed by atoms with Gasteiger partial charge in [0.2, 0.25) is 0 Å². The minimum Gasteiger partial charge on any atom is -0.494 e. The van der Waals surface area contributed by atoms with Crippen LogP contribution in [-0.2, 0) is 19.1 Å². The summed E-state index contributed by atoms with van der Waals surface area (Å²) in [5.74, 6) is -1.79. The van der Waals surface area contributed by atoms with Gasteiger partial charge in [0.1, 0.15) is 17.2 Å².